The molecule has 88 valence electrons. The SMILES string of the molecule is O=C(O)[C@H]1CC(c2ccc([N+](=O)[O-])cc2)=NO1. The molecule has 1 atom stereocenters. The van der Waals surface area contributed by atoms with Crippen LogP contribution in [0.4, 0.5) is 5.69 Å². The van der Waals surface area contributed by atoms with E-state index in [1.165, 1.54) is 24.3 Å². The van der Waals surface area contributed by atoms with E-state index < -0.39 is 17.0 Å². The van der Waals surface area contributed by atoms with Gasteiger partial charge in [0.1, 0.15) is 0 Å². The first-order valence-corrected chi connectivity index (χ1v) is 4.78. The van der Waals surface area contributed by atoms with Gasteiger partial charge in [-0.25, -0.2) is 4.79 Å². The van der Waals surface area contributed by atoms with Crippen LogP contribution in [0.1, 0.15) is 12.0 Å². The molecule has 0 fully saturated rings. The highest BCUT2D eigenvalue weighted by Crippen LogP contribution is 2.19. The number of hydrogen-bond acceptors (Lipinski definition) is 5. The zero-order valence-electron chi connectivity index (χ0n) is 8.57. The van der Waals surface area contributed by atoms with Crippen molar-refractivity contribution in [3.8, 4) is 0 Å². The molecule has 1 aromatic carbocycles. The van der Waals surface area contributed by atoms with Crippen LogP contribution in [0.3, 0.4) is 0 Å². The van der Waals surface area contributed by atoms with Gasteiger partial charge >= 0.3 is 5.97 Å². The minimum absolute atomic E-state index is 0.0250. The molecule has 1 aromatic rings. The molecule has 2 rings (SSSR count). The van der Waals surface area contributed by atoms with E-state index in [0.717, 1.165) is 0 Å². The lowest BCUT2D eigenvalue weighted by Crippen LogP contribution is -2.19. The van der Waals surface area contributed by atoms with E-state index in [0.29, 0.717) is 11.3 Å². The van der Waals surface area contributed by atoms with Crippen molar-refractivity contribution >= 4 is 17.4 Å². The van der Waals surface area contributed by atoms with Gasteiger partial charge in [-0.2, -0.15) is 0 Å². The molecular formula is C10H8N2O5. The Morgan fingerprint density at radius 2 is 2.12 bits per heavy atom. The topological polar surface area (TPSA) is 102 Å². The number of non-ortho nitro benzene ring substituents is 1. The summed E-state index contributed by atoms with van der Waals surface area (Å²) in [6.07, 6.45) is -0.812. The summed E-state index contributed by atoms with van der Waals surface area (Å²) in [6.45, 7) is 0. The van der Waals surface area contributed by atoms with Crippen molar-refractivity contribution in [2.75, 3.05) is 0 Å². The molecule has 0 amide bonds. The average Bonchev–Trinajstić information content (AvgIpc) is 2.78. The summed E-state index contributed by atoms with van der Waals surface area (Å²) >= 11 is 0. The Bertz CT molecular complexity index is 494. The summed E-state index contributed by atoms with van der Waals surface area (Å²) in [5.41, 5.74) is 1.08. The second-order valence-corrected chi connectivity index (χ2v) is 3.48. The third-order valence-corrected chi connectivity index (χ3v) is 2.36. The lowest BCUT2D eigenvalue weighted by molar-refractivity contribution is -0.384. The van der Waals surface area contributed by atoms with E-state index in [1.54, 1.807) is 0 Å². The third kappa shape index (κ3) is 2.22. The highest BCUT2D eigenvalue weighted by Gasteiger charge is 2.28. The van der Waals surface area contributed by atoms with Gasteiger partial charge in [-0.15, -0.1) is 0 Å². The molecule has 1 N–H and O–H groups in total. The number of nitro benzene ring substituents is 1. The molecule has 0 radical (unpaired) electrons. The zero-order chi connectivity index (χ0) is 12.4. The fraction of sp³-hybridized carbons (Fsp3) is 0.200. The van der Waals surface area contributed by atoms with Gasteiger partial charge in [0.05, 0.1) is 10.6 Å². The number of aliphatic carboxylic acids is 1. The van der Waals surface area contributed by atoms with E-state index >= 15 is 0 Å². The minimum atomic E-state index is -1.08. The predicted molar refractivity (Wildman–Crippen MR) is 56.8 cm³/mol. The second-order valence-electron chi connectivity index (χ2n) is 3.48. The fourth-order valence-corrected chi connectivity index (χ4v) is 1.46. The number of carboxylic acid groups (broad SMARTS) is 1. The average molecular weight is 236 g/mol. The van der Waals surface area contributed by atoms with Crippen molar-refractivity contribution in [3.63, 3.8) is 0 Å². The maximum Gasteiger partial charge on any atom is 0.348 e. The standard InChI is InChI=1S/C10H8N2O5/c13-10(14)9-5-8(11-17-9)6-1-3-7(4-2-6)12(15)16/h1-4,9H,5H2,(H,13,14)/t9-/m1/s1. The lowest BCUT2D eigenvalue weighted by atomic mass is 10.0. The van der Waals surface area contributed by atoms with Crippen LogP contribution in [0.2, 0.25) is 0 Å². The van der Waals surface area contributed by atoms with Gasteiger partial charge in [-0.05, 0) is 17.7 Å². The maximum absolute atomic E-state index is 10.6. The van der Waals surface area contributed by atoms with Gasteiger partial charge in [0.25, 0.3) is 5.69 Å². The van der Waals surface area contributed by atoms with Crippen molar-refractivity contribution in [3.05, 3.63) is 39.9 Å². The number of nitro groups is 1. The van der Waals surface area contributed by atoms with Crippen LogP contribution >= 0.6 is 0 Å². The molecule has 7 nitrogen and oxygen atoms in total. The van der Waals surface area contributed by atoms with Crippen molar-refractivity contribution in [1.82, 2.24) is 0 Å². The Morgan fingerprint density at radius 1 is 1.47 bits per heavy atom. The van der Waals surface area contributed by atoms with E-state index in [-0.39, 0.29) is 12.1 Å². The maximum atomic E-state index is 10.6. The molecule has 0 spiro atoms. The molecule has 0 aliphatic carbocycles. The Morgan fingerprint density at radius 3 is 2.59 bits per heavy atom. The van der Waals surface area contributed by atoms with Gasteiger partial charge in [0.2, 0.25) is 6.10 Å². The number of hydrogen-bond donors (Lipinski definition) is 1. The van der Waals surface area contributed by atoms with Gasteiger partial charge in [0, 0.05) is 18.6 Å². The molecular weight excluding hydrogens is 228 g/mol. The number of nitrogens with zero attached hydrogens (tertiary/aromatic N) is 2. The van der Waals surface area contributed by atoms with Gasteiger partial charge < -0.3 is 9.94 Å². The summed E-state index contributed by atoms with van der Waals surface area (Å²) < 4.78 is 0. The number of carbonyl (C=O) groups is 1. The number of carboxylic acids is 1. The van der Waals surface area contributed by atoms with Crippen molar-refractivity contribution < 1.29 is 19.7 Å². The normalized spacial score (nSPS) is 18.4. The van der Waals surface area contributed by atoms with Crippen molar-refractivity contribution in [1.29, 1.82) is 0 Å². The minimum Gasteiger partial charge on any atom is -0.478 e. The number of rotatable bonds is 3. The summed E-state index contributed by atoms with van der Waals surface area (Å²) in [4.78, 5) is 25.3. The third-order valence-electron chi connectivity index (χ3n) is 2.36. The number of benzene rings is 1. The highest BCUT2D eigenvalue weighted by atomic mass is 16.7. The largest absolute Gasteiger partial charge is 0.478 e. The van der Waals surface area contributed by atoms with E-state index in [2.05, 4.69) is 5.16 Å². The van der Waals surface area contributed by atoms with Crippen molar-refractivity contribution in [2.45, 2.75) is 12.5 Å². The quantitative estimate of drug-likeness (QED) is 0.626. The van der Waals surface area contributed by atoms with Crippen LogP contribution in [0.15, 0.2) is 29.4 Å². The lowest BCUT2D eigenvalue weighted by Gasteiger charge is -2.00. The molecule has 0 bridgehead atoms. The molecule has 1 aliphatic heterocycles. The van der Waals surface area contributed by atoms with Crippen LogP contribution in [0, 0.1) is 10.1 Å². The summed E-state index contributed by atoms with van der Waals surface area (Å²) in [6, 6.07) is 5.72. The summed E-state index contributed by atoms with van der Waals surface area (Å²) in [7, 11) is 0. The molecule has 0 unspecified atom stereocenters. The summed E-state index contributed by atoms with van der Waals surface area (Å²) in [5.74, 6) is -1.08. The first kappa shape index (κ1) is 11.1. The van der Waals surface area contributed by atoms with Crippen LogP contribution in [-0.2, 0) is 9.63 Å². The van der Waals surface area contributed by atoms with E-state index in [4.69, 9.17) is 9.94 Å². The van der Waals surface area contributed by atoms with Gasteiger partial charge in [-0.1, -0.05) is 5.16 Å². The Balaban J connectivity index is 2.14. The molecule has 1 heterocycles. The fourth-order valence-electron chi connectivity index (χ4n) is 1.46. The Kier molecular flexibility index (Phi) is 2.73. The first-order valence-electron chi connectivity index (χ1n) is 4.78. The van der Waals surface area contributed by atoms with Crippen LogP contribution < -0.4 is 0 Å². The molecule has 17 heavy (non-hydrogen) atoms. The predicted octanol–water partition coefficient (Wildman–Crippen LogP) is 1.17. The summed E-state index contributed by atoms with van der Waals surface area (Å²) in [5, 5.41) is 22.8. The van der Waals surface area contributed by atoms with E-state index in [1.807, 2.05) is 0 Å². The van der Waals surface area contributed by atoms with Crippen molar-refractivity contribution in [2.24, 2.45) is 5.16 Å². The first-order chi connectivity index (χ1) is 8.08. The zero-order valence-corrected chi connectivity index (χ0v) is 8.57. The molecule has 0 aromatic heterocycles. The molecule has 1 aliphatic rings. The molecule has 0 saturated carbocycles. The van der Waals surface area contributed by atoms with Gasteiger partial charge in [0.15, 0.2) is 0 Å². The Labute approximate surface area is 95.5 Å². The van der Waals surface area contributed by atoms with Crippen LogP contribution in [-0.4, -0.2) is 27.8 Å². The smallest absolute Gasteiger partial charge is 0.348 e. The van der Waals surface area contributed by atoms with Gasteiger partial charge in [-0.3, -0.25) is 10.1 Å². The van der Waals surface area contributed by atoms with Crippen LogP contribution in [0.5, 0.6) is 0 Å². The molecule has 0 saturated heterocycles. The number of oxime groups is 1. The highest BCUT2D eigenvalue weighted by molar-refractivity contribution is 6.03. The second kappa shape index (κ2) is 4.20. The van der Waals surface area contributed by atoms with Crippen LogP contribution in [0.25, 0.3) is 0 Å². The molecule has 7 heteroatoms. The monoisotopic (exact) mass is 236 g/mol. The van der Waals surface area contributed by atoms with E-state index in [9.17, 15) is 14.9 Å². The Hall–Kier alpha value is -2.44.